The molecule has 0 radical (unpaired) electrons. The molecule has 78 heavy (non-hydrogen) atoms. The third kappa shape index (κ3) is 6.92. The molecule has 2 aliphatic heterocycles. The SMILES string of the molecule is CCC(C)(C)C1=CC2C(C=C1)N(c1ccc3c(c1)-c1c(-c4cccc5c4C4(CCCCC4)c4ccc(N6c7ccccc7C(C)(C)c7cc(C(C)(C)CC)ccc76)cc4-5)cccc1C31CCCCC1)c1ccccc1C2(C)C. The first-order chi connectivity index (χ1) is 37.6. The first-order valence-corrected chi connectivity index (χ1v) is 30.5. The van der Waals surface area contributed by atoms with E-state index in [1.807, 2.05) is 0 Å². The second-order valence-electron chi connectivity index (χ2n) is 27.5. The lowest BCUT2D eigenvalue weighted by Crippen LogP contribution is -2.50. The average Bonchev–Trinajstić information content (AvgIpc) is 3.81. The first kappa shape index (κ1) is 49.9. The van der Waals surface area contributed by atoms with Crippen LogP contribution in [0.1, 0.15) is 191 Å². The number of anilines is 5. The lowest BCUT2D eigenvalue weighted by Gasteiger charge is -2.52. The van der Waals surface area contributed by atoms with Crippen molar-refractivity contribution >= 4 is 28.4 Å². The predicted molar refractivity (Wildman–Crippen MR) is 331 cm³/mol. The zero-order valence-corrected chi connectivity index (χ0v) is 48.5. The van der Waals surface area contributed by atoms with Gasteiger partial charge in [-0.25, -0.2) is 0 Å². The topological polar surface area (TPSA) is 6.48 Å². The fraction of sp³-hybridized carbons (Fsp3) is 0.395. The van der Waals surface area contributed by atoms with Gasteiger partial charge in [0.25, 0.3) is 0 Å². The fourth-order valence-electron chi connectivity index (χ4n) is 16.9. The molecule has 0 aromatic heterocycles. The summed E-state index contributed by atoms with van der Waals surface area (Å²) in [6, 6.07) is 56.6. The van der Waals surface area contributed by atoms with Crippen molar-refractivity contribution < 1.29 is 0 Å². The Balaban J connectivity index is 0.950. The highest BCUT2D eigenvalue weighted by atomic mass is 15.2. The van der Waals surface area contributed by atoms with Crippen molar-refractivity contribution in [2.45, 2.75) is 179 Å². The Morgan fingerprint density at radius 3 is 1.77 bits per heavy atom. The summed E-state index contributed by atoms with van der Waals surface area (Å²) in [4.78, 5) is 5.34. The van der Waals surface area contributed by atoms with Gasteiger partial charge in [-0.15, -0.1) is 0 Å². The number of hydrogen-bond donors (Lipinski definition) is 0. The molecule has 0 saturated heterocycles. The third-order valence-corrected chi connectivity index (χ3v) is 22.2. The van der Waals surface area contributed by atoms with E-state index in [-0.39, 0.29) is 38.5 Å². The molecule has 2 spiro atoms. The maximum absolute atomic E-state index is 2.73. The highest BCUT2D eigenvalue weighted by Gasteiger charge is 2.51. The average molecular weight is 1020 g/mol. The molecule has 2 fully saturated rings. The van der Waals surface area contributed by atoms with Crippen LogP contribution in [0, 0.1) is 11.3 Å². The van der Waals surface area contributed by atoms with Crippen LogP contribution < -0.4 is 9.80 Å². The lowest BCUT2D eigenvalue weighted by atomic mass is 9.63. The molecule has 2 atom stereocenters. The summed E-state index contributed by atoms with van der Waals surface area (Å²) in [5.74, 6) is 0.331. The number of rotatable bonds is 7. The second kappa shape index (κ2) is 17.6. The molecule has 5 aliphatic carbocycles. The van der Waals surface area contributed by atoms with Gasteiger partial charge in [-0.3, -0.25) is 0 Å². The Hall–Kier alpha value is -6.38. The number of fused-ring (bicyclic) bond motifs is 14. The van der Waals surface area contributed by atoms with E-state index in [4.69, 9.17) is 0 Å². The Morgan fingerprint density at radius 2 is 1.05 bits per heavy atom. The minimum Gasteiger partial charge on any atom is -0.334 e. The van der Waals surface area contributed by atoms with E-state index in [2.05, 4.69) is 237 Å². The molecule has 0 bridgehead atoms. The Morgan fingerprint density at radius 1 is 0.474 bits per heavy atom. The number of nitrogens with zero attached hydrogens (tertiary/aromatic N) is 2. The summed E-state index contributed by atoms with van der Waals surface area (Å²) in [7, 11) is 0. The number of para-hydroxylation sites is 2. The normalized spacial score (nSPS) is 21.4. The minimum absolute atomic E-state index is 0.0247. The molecule has 2 heterocycles. The van der Waals surface area contributed by atoms with Crippen LogP contribution >= 0.6 is 0 Å². The van der Waals surface area contributed by atoms with Crippen LogP contribution in [0.2, 0.25) is 0 Å². The van der Waals surface area contributed by atoms with Gasteiger partial charge >= 0.3 is 0 Å². The monoisotopic (exact) mass is 1020 g/mol. The van der Waals surface area contributed by atoms with Crippen LogP contribution in [-0.2, 0) is 27.1 Å². The molecule has 7 aromatic carbocycles. The highest BCUT2D eigenvalue weighted by Crippen LogP contribution is 2.64. The van der Waals surface area contributed by atoms with Crippen molar-refractivity contribution in [1.82, 2.24) is 0 Å². The van der Waals surface area contributed by atoms with E-state index >= 15 is 0 Å². The second-order valence-corrected chi connectivity index (χ2v) is 27.5. The van der Waals surface area contributed by atoms with Crippen LogP contribution in [0.15, 0.2) is 163 Å². The van der Waals surface area contributed by atoms with Crippen molar-refractivity contribution in [3.05, 3.63) is 208 Å². The summed E-state index contributed by atoms with van der Waals surface area (Å²) < 4.78 is 0. The van der Waals surface area contributed by atoms with Crippen molar-refractivity contribution in [3.63, 3.8) is 0 Å². The van der Waals surface area contributed by atoms with Gasteiger partial charge < -0.3 is 9.80 Å². The Bertz CT molecular complexity index is 3650. The summed E-state index contributed by atoms with van der Waals surface area (Å²) in [6.45, 7) is 24.2. The maximum atomic E-state index is 2.73. The van der Waals surface area contributed by atoms with Crippen LogP contribution in [0.25, 0.3) is 33.4 Å². The molecule has 7 aliphatic rings. The van der Waals surface area contributed by atoms with E-state index in [9.17, 15) is 0 Å². The quantitative estimate of drug-likeness (QED) is 0.157. The molecule has 2 unspecified atom stereocenters. The first-order valence-electron chi connectivity index (χ1n) is 30.5. The molecule has 2 nitrogen and oxygen atoms in total. The zero-order chi connectivity index (χ0) is 53.7. The molecule has 396 valence electrons. The molecular formula is C76H82N2. The smallest absolute Gasteiger partial charge is 0.0596 e. The van der Waals surface area contributed by atoms with E-state index in [0.29, 0.717) is 5.92 Å². The standard InChI is InChI=1S/C76H82N2/c1-11-71(3,4)49-33-39-67-63(45-49)73(7,8)60-28-15-17-31-65(60)77(67)51-35-37-58-56(47-51)55-27-23-26-54(70(55)76(58)43-21-14-22-44-76)53-25-24-30-62-69(53)57-48-52(36-38-59(57)75(62)41-19-13-20-42-75)78-66-32-18-16-29-61(66)74(9,10)64-46-50(34-40-68(64)78)72(5,6)12-2/h15-18,23-40,45-48,64,68H,11-14,19-22,41-44H2,1-10H3. The predicted octanol–water partition coefficient (Wildman–Crippen LogP) is 21.0. The van der Waals surface area contributed by atoms with Gasteiger partial charge in [-0.05, 0) is 175 Å². The Kier molecular flexibility index (Phi) is 11.2. The van der Waals surface area contributed by atoms with E-state index in [1.54, 1.807) is 22.3 Å². The number of hydrogen-bond acceptors (Lipinski definition) is 2. The summed E-state index contributed by atoms with van der Waals surface area (Å²) in [6.07, 6.45) is 22.4. The Labute approximate surface area is 467 Å². The van der Waals surface area contributed by atoms with Crippen LogP contribution in [-0.4, -0.2) is 6.04 Å². The molecule has 14 rings (SSSR count). The fourth-order valence-corrected chi connectivity index (χ4v) is 16.9. The van der Waals surface area contributed by atoms with E-state index < -0.39 is 0 Å². The maximum Gasteiger partial charge on any atom is 0.0596 e. The van der Waals surface area contributed by atoms with E-state index in [1.165, 1.54) is 154 Å². The van der Waals surface area contributed by atoms with Crippen LogP contribution in [0.3, 0.4) is 0 Å². The molecule has 0 amide bonds. The van der Waals surface area contributed by atoms with Crippen molar-refractivity contribution in [2.75, 3.05) is 9.80 Å². The van der Waals surface area contributed by atoms with Crippen molar-refractivity contribution in [3.8, 4) is 33.4 Å². The van der Waals surface area contributed by atoms with Crippen LogP contribution in [0.4, 0.5) is 28.4 Å². The van der Waals surface area contributed by atoms with Crippen molar-refractivity contribution in [1.29, 1.82) is 0 Å². The number of allylic oxidation sites excluding steroid dienone is 2. The van der Waals surface area contributed by atoms with Gasteiger partial charge in [0.2, 0.25) is 0 Å². The summed E-state index contributed by atoms with van der Waals surface area (Å²) in [5.41, 5.74) is 28.6. The summed E-state index contributed by atoms with van der Waals surface area (Å²) >= 11 is 0. The highest BCUT2D eigenvalue weighted by molar-refractivity contribution is 5.99. The largest absolute Gasteiger partial charge is 0.334 e. The van der Waals surface area contributed by atoms with Gasteiger partial charge in [-0.1, -0.05) is 223 Å². The van der Waals surface area contributed by atoms with Gasteiger partial charge in [0.15, 0.2) is 0 Å². The van der Waals surface area contributed by atoms with Crippen LogP contribution in [0.5, 0.6) is 0 Å². The van der Waals surface area contributed by atoms with Gasteiger partial charge in [0.1, 0.15) is 0 Å². The van der Waals surface area contributed by atoms with E-state index in [0.717, 1.165) is 12.8 Å². The molecule has 2 saturated carbocycles. The summed E-state index contributed by atoms with van der Waals surface area (Å²) in [5, 5.41) is 0. The molecule has 0 N–H and O–H groups in total. The molecule has 7 aromatic rings. The van der Waals surface area contributed by atoms with Gasteiger partial charge in [-0.2, -0.15) is 0 Å². The van der Waals surface area contributed by atoms with Gasteiger partial charge in [0.05, 0.1) is 17.4 Å². The number of benzene rings is 7. The third-order valence-electron chi connectivity index (χ3n) is 22.2. The van der Waals surface area contributed by atoms with Gasteiger partial charge in [0, 0.05) is 44.6 Å². The molecule has 2 heteroatoms. The minimum atomic E-state index is -0.143. The molecular weight excluding hydrogens is 941 g/mol. The zero-order valence-electron chi connectivity index (χ0n) is 48.5. The van der Waals surface area contributed by atoms with Crippen molar-refractivity contribution in [2.24, 2.45) is 11.3 Å². The lowest BCUT2D eigenvalue weighted by molar-refractivity contribution is 0.321.